The fourth-order valence-electron chi connectivity index (χ4n) is 1.36. The monoisotopic (exact) mass is 192 g/mol. The molecule has 0 aliphatic heterocycles. The molecule has 3 nitrogen and oxygen atoms in total. The number of carbonyl (C=O) groups is 1. The Bertz CT molecular complexity index is 323. The molecule has 0 fully saturated rings. The van der Waals surface area contributed by atoms with E-state index in [2.05, 4.69) is 4.98 Å². The van der Waals surface area contributed by atoms with Crippen LogP contribution >= 0.6 is 0 Å². The van der Waals surface area contributed by atoms with E-state index in [4.69, 9.17) is 5.73 Å². The minimum Gasteiger partial charge on any atom is -0.321 e. The van der Waals surface area contributed by atoms with Gasteiger partial charge in [-0.15, -0.1) is 0 Å². The van der Waals surface area contributed by atoms with Crippen molar-refractivity contribution in [2.75, 3.05) is 0 Å². The van der Waals surface area contributed by atoms with Crippen LogP contribution in [0.15, 0.2) is 18.5 Å². The Hall–Kier alpha value is -1.22. The fraction of sp³-hybridized carbons (Fsp3) is 0.455. The van der Waals surface area contributed by atoms with Gasteiger partial charge >= 0.3 is 0 Å². The number of carbonyl (C=O) groups excluding carboxylic acids is 1. The first kappa shape index (κ1) is 10.9. The van der Waals surface area contributed by atoms with Gasteiger partial charge in [0.1, 0.15) is 0 Å². The molecule has 1 atom stereocenters. The number of ketones is 1. The summed E-state index contributed by atoms with van der Waals surface area (Å²) >= 11 is 0. The van der Waals surface area contributed by atoms with Crippen molar-refractivity contribution in [1.29, 1.82) is 0 Å². The molecule has 0 saturated heterocycles. The number of hydrogen-bond donors (Lipinski definition) is 1. The van der Waals surface area contributed by atoms with Gasteiger partial charge in [-0.1, -0.05) is 13.3 Å². The van der Waals surface area contributed by atoms with Crippen molar-refractivity contribution in [3.63, 3.8) is 0 Å². The Labute approximate surface area is 84.3 Å². The predicted molar refractivity (Wildman–Crippen MR) is 56.2 cm³/mol. The minimum absolute atomic E-state index is 0.00236. The lowest BCUT2D eigenvalue weighted by Gasteiger charge is -2.10. The zero-order valence-electron chi connectivity index (χ0n) is 8.66. The maximum atomic E-state index is 11.8. The van der Waals surface area contributed by atoms with Crippen LogP contribution in [0.3, 0.4) is 0 Å². The summed E-state index contributed by atoms with van der Waals surface area (Å²) in [5, 5.41) is 0. The van der Waals surface area contributed by atoms with Gasteiger partial charge < -0.3 is 5.73 Å². The average Bonchev–Trinajstić information content (AvgIpc) is 2.18. The van der Waals surface area contributed by atoms with Gasteiger partial charge in [0.2, 0.25) is 0 Å². The van der Waals surface area contributed by atoms with E-state index in [-0.39, 0.29) is 11.8 Å². The van der Waals surface area contributed by atoms with E-state index in [1.807, 2.05) is 19.9 Å². The molecule has 0 bridgehead atoms. The molecule has 1 heterocycles. The van der Waals surface area contributed by atoms with Gasteiger partial charge in [-0.3, -0.25) is 9.78 Å². The molecule has 0 aliphatic rings. The molecule has 0 spiro atoms. The summed E-state index contributed by atoms with van der Waals surface area (Å²) in [6.07, 6.45) is 4.92. The van der Waals surface area contributed by atoms with Crippen LogP contribution in [0.1, 0.15) is 35.7 Å². The van der Waals surface area contributed by atoms with Gasteiger partial charge in [-0.2, -0.15) is 0 Å². The molecule has 2 N–H and O–H groups in total. The summed E-state index contributed by atoms with van der Waals surface area (Å²) in [5.41, 5.74) is 7.34. The number of pyridine rings is 1. The molecule has 76 valence electrons. The highest BCUT2D eigenvalue weighted by molar-refractivity contribution is 6.00. The average molecular weight is 192 g/mol. The molecule has 1 aromatic heterocycles. The molecule has 1 rings (SSSR count). The number of nitrogens with two attached hydrogens (primary N) is 1. The quantitative estimate of drug-likeness (QED) is 0.739. The SMILES string of the molecule is CCCC(N)C(=O)c1cnccc1C. The van der Waals surface area contributed by atoms with Crippen molar-refractivity contribution >= 4 is 5.78 Å². The maximum absolute atomic E-state index is 11.8. The molecule has 3 heteroatoms. The van der Waals surface area contributed by atoms with Crippen molar-refractivity contribution in [2.24, 2.45) is 5.73 Å². The van der Waals surface area contributed by atoms with Gasteiger partial charge in [0.05, 0.1) is 6.04 Å². The Kier molecular flexibility index (Phi) is 3.77. The number of hydrogen-bond acceptors (Lipinski definition) is 3. The third-order valence-electron chi connectivity index (χ3n) is 2.24. The molecule has 0 aliphatic carbocycles. The van der Waals surface area contributed by atoms with Crippen molar-refractivity contribution in [1.82, 2.24) is 4.98 Å². The third-order valence-corrected chi connectivity index (χ3v) is 2.24. The predicted octanol–water partition coefficient (Wildman–Crippen LogP) is 1.70. The Morgan fingerprint density at radius 3 is 2.93 bits per heavy atom. The van der Waals surface area contributed by atoms with Gasteiger partial charge in [0, 0.05) is 18.0 Å². The summed E-state index contributed by atoms with van der Waals surface area (Å²) in [6, 6.07) is 1.44. The molecular weight excluding hydrogens is 176 g/mol. The van der Waals surface area contributed by atoms with Crippen LogP contribution in [0.25, 0.3) is 0 Å². The molecule has 0 radical (unpaired) electrons. The number of aromatic nitrogens is 1. The first-order valence-corrected chi connectivity index (χ1v) is 4.87. The second-order valence-electron chi connectivity index (χ2n) is 3.45. The van der Waals surface area contributed by atoms with Gasteiger partial charge in [-0.25, -0.2) is 0 Å². The zero-order chi connectivity index (χ0) is 10.6. The Morgan fingerprint density at radius 2 is 2.36 bits per heavy atom. The van der Waals surface area contributed by atoms with Gasteiger partial charge in [-0.05, 0) is 25.0 Å². The largest absolute Gasteiger partial charge is 0.321 e. The van der Waals surface area contributed by atoms with E-state index in [0.717, 1.165) is 18.4 Å². The highest BCUT2D eigenvalue weighted by Gasteiger charge is 2.16. The highest BCUT2D eigenvalue weighted by Crippen LogP contribution is 2.09. The van der Waals surface area contributed by atoms with Crippen LogP contribution in [-0.2, 0) is 0 Å². The number of Topliss-reactive ketones (excluding diaryl/α,β-unsaturated/α-hetero) is 1. The minimum atomic E-state index is -0.386. The topological polar surface area (TPSA) is 56.0 Å². The molecule has 14 heavy (non-hydrogen) atoms. The van der Waals surface area contributed by atoms with Crippen LogP contribution in [-0.4, -0.2) is 16.8 Å². The second-order valence-corrected chi connectivity index (χ2v) is 3.45. The summed E-state index contributed by atoms with van der Waals surface area (Å²) in [5.74, 6) is -0.00236. The molecule has 0 saturated carbocycles. The van der Waals surface area contributed by atoms with E-state index < -0.39 is 0 Å². The normalized spacial score (nSPS) is 12.5. The van der Waals surface area contributed by atoms with Crippen LogP contribution in [0.5, 0.6) is 0 Å². The summed E-state index contributed by atoms with van der Waals surface area (Å²) in [4.78, 5) is 15.7. The Morgan fingerprint density at radius 1 is 1.64 bits per heavy atom. The lowest BCUT2D eigenvalue weighted by atomic mass is 9.99. The van der Waals surface area contributed by atoms with Crippen molar-refractivity contribution < 1.29 is 4.79 Å². The number of rotatable bonds is 4. The zero-order valence-corrected chi connectivity index (χ0v) is 8.66. The van der Waals surface area contributed by atoms with Gasteiger partial charge in [0.15, 0.2) is 5.78 Å². The van der Waals surface area contributed by atoms with Crippen LogP contribution in [0.2, 0.25) is 0 Å². The second kappa shape index (κ2) is 4.86. The van der Waals surface area contributed by atoms with E-state index in [0.29, 0.717) is 5.56 Å². The molecular formula is C11H16N2O. The van der Waals surface area contributed by atoms with Crippen molar-refractivity contribution in [3.8, 4) is 0 Å². The van der Waals surface area contributed by atoms with E-state index >= 15 is 0 Å². The lowest BCUT2D eigenvalue weighted by molar-refractivity contribution is 0.0956. The molecule has 1 aromatic rings. The molecule has 1 unspecified atom stereocenters. The molecule has 0 aromatic carbocycles. The van der Waals surface area contributed by atoms with Crippen LogP contribution in [0.4, 0.5) is 0 Å². The van der Waals surface area contributed by atoms with Crippen LogP contribution < -0.4 is 5.73 Å². The standard InChI is InChI=1S/C11H16N2O/c1-3-4-10(12)11(14)9-7-13-6-5-8(9)2/h5-7,10H,3-4,12H2,1-2H3. The first-order valence-electron chi connectivity index (χ1n) is 4.87. The van der Waals surface area contributed by atoms with Crippen molar-refractivity contribution in [3.05, 3.63) is 29.6 Å². The molecule has 0 amide bonds. The Balaban J connectivity index is 2.84. The maximum Gasteiger partial charge on any atom is 0.181 e. The number of aryl methyl sites for hydroxylation is 1. The summed E-state index contributed by atoms with van der Waals surface area (Å²) in [7, 11) is 0. The van der Waals surface area contributed by atoms with E-state index in [1.165, 1.54) is 0 Å². The summed E-state index contributed by atoms with van der Waals surface area (Å²) in [6.45, 7) is 3.91. The van der Waals surface area contributed by atoms with Crippen LogP contribution in [0, 0.1) is 6.92 Å². The lowest BCUT2D eigenvalue weighted by Crippen LogP contribution is -2.30. The number of nitrogens with zero attached hydrogens (tertiary/aromatic N) is 1. The van der Waals surface area contributed by atoms with Gasteiger partial charge in [0.25, 0.3) is 0 Å². The fourth-order valence-corrected chi connectivity index (χ4v) is 1.36. The first-order chi connectivity index (χ1) is 6.66. The van der Waals surface area contributed by atoms with Crippen molar-refractivity contribution in [2.45, 2.75) is 32.7 Å². The van der Waals surface area contributed by atoms with E-state index in [9.17, 15) is 4.79 Å². The smallest absolute Gasteiger partial charge is 0.181 e. The third kappa shape index (κ3) is 2.39. The highest BCUT2D eigenvalue weighted by atomic mass is 16.1. The summed E-state index contributed by atoms with van der Waals surface area (Å²) < 4.78 is 0. The van der Waals surface area contributed by atoms with E-state index in [1.54, 1.807) is 12.4 Å².